The van der Waals surface area contributed by atoms with Crippen LogP contribution in [0.15, 0.2) is 0 Å². The summed E-state index contributed by atoms with van der Waals surface area (Å²) >= 11 is 2.11. The molecule has 0 aliphatic carbocycles. The molecule has 0 atom stereocenters. The van der Waals surface area contributed by atoms with Crippen LogP contribution < -0.4 is 5.73 Å². The Kier molecular flexibility index (Phi) is 4.50. The van der Waals surface area contributed by atoms with Gasteiger partial charge in [-0.2, -0.15) is 11.8 Å². The number of hydrogen-bond acceptors (Lipinski definition) is 3. The van der Waals surface area contributed by atoms with Crippen LogP contribution >= 0.6 is 11.8 Å². The Morgan fingerprint density at radius 1 is 1.33 bits per heavy atom. The quantitative estimate of drug-likeness (QED) is 0.806. The molecular weight excluding hydrogens is 204 g/mol. The van der Waals surface area contributed by atoms with E-state index in [-0.39, 0.29) is 5.41 Å². The third-order valence-electron chi connectivity index (χ3n) is 3.13. The monoisotopic (exact) mass is 230 g/mol. The normalized spacial score (nSPS) is 23.8. The van der Waals surface area contributed by atoms with Crippen LogP contribution in [0, 0.1) is 5.41 Å². The highest BCUT2D eigenvalue weighted by molar-refractivity contribution is 8.00. The van der Waals surface area contributed by atoms with Crippen molar-refractivity contribution in [2.24, 2.45) is 11.1 Å². The van der Waals surface area contributed by atoms with Crippen molar-refractivity contribution >= 4 is 11.8 Å². The van der Waals surface area contributed by atoms with Gasteiger partial charge in [0.15, 0.2) is 0 Å². The van der Waals surface area contributed by atoms with E-state index in [4.69, 9.17) is 5.73 Å². The van der Waals surface area contributed by atoms with E-state index in [2.05, 4.69) is 44.4 Å². The van der Waals surface area contributed by atoms with Crippen LogP contribution in [0.5, 0.6) is 0 Å². The Bertz CT molecular complexity index is 202. The van der Waals surface area contributed by atoms with Gasteiger partial charge in [0.1, 0.15) is 0 Å². The van der Waals surface area contributed by atoms with Gasteiger partial charge in [0.2, 0.25) is 0 Å². The van der Waals surface area contributed by atoms with Gasteiger partial charge in [0, 0.05) is 23.6 Å². The van der Waals surface area contributed by atoms with Gasteiger partial charge in [-0.1, -0.05) is 27.7 Å². The summed E-state index contributed by atoms with van der Waals surface area (Å²) in [5, 5.41) is 0. The maximum atomic E-state index is 5.78. The molecule has 90 valence electrons. The van der Waals surface area contributed by atoms with Crippen LogP contribution in [0.25, 0.3) is 0 Å². The van der Waals surface area contributed by atoms with Crippen LogP contribution in [0.1, 0.15) is 34.1 Å². The van der Waals surface area contributed by atoms with Gasteiger partial charge >= 0.3 is 0 Å². The number of rotatable bonds is 3. The average Bonchev–Trinajstić information content (AvgIpc) is 2.28. The van der Waals surface area contributed by atoms with Gasteiger partial charge in [0.05, 0.1) is 0 Å². The molecule has 1 rings (SSSR count). The highest BCUT2D eigenvalue weighted by Gasteiger charge is 2.26. The molecule has 0 amide bonds. The third kappa shape index (κ3) is 4.75. The van der Waals surface area contributed by atoms with E-state index >= 15 is 0 Å². The van der Waals surface area contributed by atoms with Crippen LogP contribution in [-0.4, -0.2) is 41.6 Å². The van der Waals surface area contributed by atoms with Crippen molar-refractivity contribution in [2.45, 2.75) is 38.9 Å². The Balaban J connectivity index is 2.45. The van der Waals surface area contributed by atoms with Crippen molar-refractivity contribution in [3.05, 3.63) is 0 Å². The highest BCUT2D eigenvalue weighted by Crippen LogP contribution is 2.31. The van der Waals surface area contributed by atoms with E-state index in [1.165, 1.54) is 25.3 Å². The first-order valence-electron chi connectivity index (χ1n) is 5.91. The molecule has 2 N–H and O–H groups in total. The van der Waals surface area contributed by atoms with Crippen molar-refractivity contribution in [3.8, 4) is 0 Å². The molecule has 0 bridgehead atoms. The van der Waals surface area contributed by atoms with Crippen LogP contribution in [0.3, 0.4) is 0 Å². The van der Waals surface area contributed by atoms with Crippen molar-refractivity contribution < 1.29 is 0 Å². The molecule has 0 aromatic heterocycles. The summed E-state index contributed by atoms with van der Waals surface area (Å²) in [5.41, 5.74) is 6.05. The molecule has 0 aromatic carbocycles. The first-order valence-corrected chi connectivity index (χ1v) is 6.90. The molecule has 2 nitrogen and oxygen atoms in total. The lowest BCUT2D eigenvalue weighted by atomic mass is 9.93. The zero-order valence-electron chi connectivity index (χ0n) is 10.7. The van der Waals surface area contributed by atoms with Crippen molar-refractivity contribution in [2.75, 3.05) is 31.9 Å². The highest BCUT2D eigenvalue weighted by atomic mass is 32.2. The molecule has 1 fully saturated rings. The molecule has 3 heteroatoms. The number of nitrogens with two attached hydrogens (primary N) is 1. The standard InChI is InChI=1S/C12H26N2S/c1-11(2,9-13)10-14-6-5-12(3,4)15-8-7-14/h5-10,13H2,1-4H3. The first kappa shape index (κ1) is 13.3. The molecule has 1 heterocycles. The van der Waals surface area contributed by atoms with Crippen LogP contribution in [0.2, 0.25) is 0 Å². The fourth-order valence-corrected chi connectivity index (χ4v) is 3.03. The van der Waals surface area contributed by atoms with E-state index in [0.717, 1.165) is 13.1 Å². The zero-order valence-corrected chi connectivity index (χ0v) is 11.5. The SMILES string of the molecule is CC(C)(CN)CN1CCSC(C)(C)CC1. The number of hydrogen-bond donors (Lipinski definition) is 1. The maximum absolute atomic E-state index is 5.78. The van der Waals surface area contributed by atoms with Gasteiger partial charge in [0.25, 0.3) is 0 Å². The summed E-state index contributed by atoms with van der Waals surface area (Å²) in [6.07, 6.45) is 1.29. The summed E-state index contributed by atoms with van der Waals surface area (Å²) in [7, 11) is 0. The summed E-state index contributed by atoms with van der Waals surface area (Å²) in [6.45, 7) is 13.6. The molecule has 1 aliphatic heterocycles. The second-order valence-corrected chi connectivity index (χ2v) is 7.80. The predicted molar refractivity (Wildman–Crippen MR) is 70.4 cm³/mol. The Morgan fingerprint density at radius 3 is 2.60 bits per heavy atom. The van der Waals surface area contributed by atoms with Gasteiger partial charge < -0.3 is 10.6 Å². The summed E-state index contributed by atoms with van der Waals surface area (Å²) in [5.74, 6) is 1.26. The van der Waals surface area contributed by atoms with Gasteiger partial charge in [-0.3, -0.25) is 0 Å². The topological polar surface area (TPSA) is 29.3 Å². The smallest absolute Gasteiger partial charge is 0.0116 e. The van der Waals surface area contributed by atoms with Crippen molar-refractivity contribution in [1.29, 1.82) is 0 Å². The molecule has 0 aromatic rings. The molecule has 0 saturated carbocycles. The van der Waals surface area contributed by atoms with E-state index in [0.29, 0.717) is 4.75 Å². The minimum atomic E-state index is 0.263. The summed E-state index contributed by atoms with van der Waals surface area (Å²) in [4.78, 5) is 2.58. The van der Waals surface area contributed by atoms with E-state index < -0.39 is 0 Å². The molecule has 0 unspecified atom stereocenters. The lowest BCUT2D eigenvalue weighted by Crippen LogP contribution is -2.40. The molecule has 1 aliphatic rings. The lowest BCUT2D eigenvalue weighted by molar-refractivity contribution is 0.189. The lowest BCUT2D eigenvalue weighted by Gasteiger charge is -2.31. The van der Waals surface area contributed by atoms with Crippen molar-refractivity contribution in [3.63, 3.8) is 0 Å². The zero-order chi connectivity index (χ0) is 11.5. The molecule has 15 heavy (non-hydrogen) atoms. The van der Waals surface area contributed by atoms with E-state index in [1.54, 1.807) is 0 Å². The third-order valence-corrected chi connectivity index (χ3v) is 4.51. The largest absolute Gasteiger partial charge is 0.330 e. The van der Waals surface area contributed by atoms with Gasteiger partial charge in [-0.15, -0.1) is 0 Å². The first-order chi connectivity index (χ1) is 6.85. The second-order valence-electron chi connectivity index (χ2n) is 6.00. The van der Waals surface area contributed by atoms with Crippen LogP contribution in [-0.2, 0) is 0 Å². The minimum Gasteiger partial charge on any atom is -0.330 e. The summed E-state index contributed by atoms with van der Waals surface area (Å²) < 4.78 is 0.460. The number of nitrogens with zero attached hydrogens (tertiary/aromatic N) is 1. The van der Waals surface area contributed by atoms with Crippen molar-refractivity contribution in [1.82, 2.24) is 4.90 Å². The van der Waals surface area contributed by atoms with Gasteiger partial charge in [-0.25, -0.2) is 0 Å². The summed E-state index contributed by atoms with van der Waals surface area (Å²) in [6, 6.07) is 0. The average molecular weight is 230 g/mol. The Hall–Kier alpha value is 0.270. The maximum Gasteiger partial charge on any atom is 0.0116 e. The number of thioether (sulfide) groups is 1. The van der Waals surface area contributed by atoms with E-state index in [1.807, 2.05) is 0 Å². The Morgan fingerprint density at radius 2 is 2.00 bits per heavy atom. The molecule has 0 spiro atoms. The molecule has 1 saturated heterocycles. The fraction of sp³-hybridized carbons (Fsp3) is 1.00. The van der Waals surface area contributed by atoms with E-state index in [9.17, 15) is 0 Å². The Labute approximate surface area is 99.0 Å². The second kappa shape index (κ2) is 5.07. The predicted octanol–water partition coefficient (Wildman–Crippen LogP) is 2.19. The molecule has 0 radical (unpaired) electrons. The van der Waals surface area contributed by atoms with Gasteiger partial charge in [-0.05, 0) is 24.9 Å². The molecular formula is C12H26N2S. The van der Waals surface area contributed by atoms with Crippen LogP contribution in [0.4, 0.5) is 0 Å². The minimum absolute atomic E-state index is 0.263. The fourth-order valence-electron chi connectivity index (χ4n) is 1.89.